The number of hydrogen-bond acceptors (Lipinski definition) is 2. The van der Waals surface area contributed by atoms with Gasteiger partial charge in [0.25, 0.3) is 0 Å². The number of phenolic OH excluding ortho intramolecular Hbond substituents is 2. The van der Waals surface area contributed by atoms with Crippen LogP contribution in [-0.4, -0.2) is 10.2 Å². The third-order valence-electron chi connectivity index (χ3n) is 6.82. The van der Waals surface area contributed by atoms with Crippen LogP contribution in [-0.2, 0) is 23.7 Å². The topological polar surface area (TPSA) is 40.5 Å². The first-order chi connectivity index (χ1) is 15.3. The van der Waals surface area contributed by atoms with Crippen LogP contribution < -0.4 is 0 Å². The number of rotatable bonds is 9. The lowest BCUT2D eigenvalue weighted by molar-refractivity contribution is 0.465. The fraction of sp³-hybridized carbons (Fsp3) is 0.613. The summed E-state index contributed by atoms with van der Waals surface area (Å²) in [7, 11) is 0. The molecule has 0 saturated heterocycles. The molecule has 0 aliphatic heterocycles. The van der Waals surface area contributed by atoms with E-state index in [9.17, 15) is 10.2 Å². The number of benzene rings is 2. The first kappa shape index (κ1) is 27.3. The Morgan fingerprint density at radius 2 is 1.00 bits per heavy atom. The highest BCUT2D eigenvalue weighted by Gasteiger charge is 2.32. The molecule has 0 amide bonds. The maximum Gasteiger partial charge on any atom is 0.116 e. The summed E-state index contributed by atoms with van der Waals surface area (Å²) in [6.45, 7) is 20.2. The first-order valence-electron chi connectivity index (χ1n) is 13.1. The number of phenols is 2. The minimum atomic E-state index is -0.0785. The van der Waals surface area contributed by atoms with Gasteiger partial charge in [-0.2, -0.15) is 0 Å². The van der Waals surface area contributed by atoms with Crippen molar-refractivity contribution in [2.45, 2.75) is 124 Å². The minimum absolute atomic E-state index is 0.0785. The maximum atomic E-state index is 10.7. The lowest BCUT2D eigenvalue weighted by atomic mass is 9.70. The van der Waals surface area contributed by atoms with Crippen molar-refractivity contribution >= 4 is 0 Å². The molecule has 0 bridgehead atoms. The molecule has 2 N–H and O–H groups in total. The van der Waals surface area contributed by atoms with E-state index in [4.69, 9.17) is 0 Å². The van der Waals surface area contributed by atoms with Crippen LogP contribution in [0.4, 0.5) is 0 Å². The van der Waals surface area contributed by atoms with Crippen molar-refractivity contribution in [3.8, 4) is 11.5 Å². The molecular weight excluding hydrogens is 404 g/mol. The molecule has 0 radical (unpaired) electrons. The summed E-state index contributed by atoms with van der Waals surface area (Å²) in [5.41, 5.74) is 7.68. The minimum Gasteiger partial charge on any atom is -0.508 e. The van der Waals surface area contributed by atoms with E-state index in [0.717, 1.165) is 44.9 Å². The molecule has 2 rings (SSSR count). The van der Waals surface area contributed by atoms with Crippen LogP contribution in [0.1, 0.15) is 134 Å². The van der Waals surface area contributed by atoms with Crippen LogP contribution in [0.2, 0.25) is 0 Å². The van der Waals surface area contributed by atoms with Crippen molar-refractivity contribution in [3.05, 3.63) is 57.6 Å². The van der Waals surface area contributed by atoms with E-state index < -0.39 is 0 Å². The second-order valence-electron chi connectivity index (χ2n) is 11.8. The Hall–Kier alpha value is -1.96. The zero-order valence-electron chi connectivity index (χ0n) is 22.7. The van der Waals surface area contributed by atoms with Crippen LogP contribution >= 0.6 is 0 Å². The molecule has 2 heteroatoms. The first-order valence-corrected chi connectivity index (χ1v) is 13.1. The Bertz CT molecular complexity index is 850. The van der Waals surface area contributed by atoms with E-state index in [1.165, 1.54) is 33.4 Å². The summed E-state index contributed by atoms with van der Waals surface area (Å²) in [4.78, 5) is 0. The third kappa shape index (κ3) is 6.55. The monoisotopic (exact) mass is 452 g/mol. The van der Waals surface area contributed by atoms with E-state index in [1.54, 1.807) is 0 Å². The molecule has 0 aromatic heterocycles. The van der Waals surface area contributed by atoms with Crippen LogP contribution in [0.3, 0.4) is 0 Å². The van der Waals surface area contributed by atoms with E-state index in [1.807, 2.05) is 24.3 Å². The normalized spacial score (nSPS) is 12.5. The van der Waals surface area contributed by atoms with Crippen LogP contribution in [0.25, 0.3) is 0 Å². The van der Waals surface area contributed by atoms with Gasteiger partial charge in [0.1, 0.15) is 11.5 Å². The lowest BCUT2D eigenvalue weighted by Gasteiger charge is -2.35. The highest BCUT2D eigenvalue weighted by Crippen LogP contribution is 2.45. The quantitative estimate of drug-likeness (QED) is 0.398. The number of aryl methyl sites for hydroxylation is 2. The molecule has 0 spiro atoms. The SMILES string of the molecule is CCCCc1cc(O)cc(C(C)(C)C)c1C(CC)c1c(CCCC)cc(O)cc1C(C)(C)C. The van der Waals surface area contributed by atoms with E-state index in [-0.39, 0.29) is 16.7 Å². The number of unbranched alkanes of at least 4 members (excludes halogenated alkanes) is 2. The molecule has 0 unspecified atom stereocenters. The average Bonchev–Trinajstić information content (AvgIpc) is 2.71. The molecule has 2 aromatic rings. The van der Waals surface area contributed by atoms with Crippen LogP contribution in [0.15, 0.2) is 24.3 Å². The number of hydrogen-bond donors (Lipinski definition) is 2. The van der Waals surface area contributed by atoms with Crippen molar-refractivity contribution in [2.75, 3.05) is 0 Å². The van der Waals surface area contributed by atoms with Gasteiger partial charge < -0.3 is 10.2 Å². The third-order valence-corrected chi connectivity index (χ3v) is 6.82. The highest BCUT2D eigenvalue weighted by molar-refractivity contribution is 5.55. The van der Waals surface area contributed by atoms with Gasteiger partial charge in [-0.05, 0) is 101 Å². The van der Waals surface area contributed by atoms with Crippen LogP contribution in [0, 0.1) is 0 Å². The van der Waals surface area contributed by atoms with E-state index >= 15 is 0 Å². The summed E-state index contributed by atoms with van der Waals surface area (Å²) in [5.74, 6) is 0.975. The molecule has 0 heterocycles. The van der Waals surface area contributed by atoms with Gasteiger partial charge in [-0.3, -0.25) is 0 Å². The summed E-state index contributed by atoms with van der Waals surface area (Å²) in [5, 5.41) is 21.3. The van der Waals surface area contributed by atoms with E-state index in [0.29, 0.717) is 11.5 Å². The molecule has 0 aliphatic rings. The van der Waals surface area contributed by atoms with Crippen molar-refractivity contribution in [1.82, 2.24) is 0 Å². The predicted octanol–water partition coefficient (Wildman–Crippen LogP) is 8.92. The molecule has 0 fully saturated rings. The maximum absolute atomic E-state index is 10.7. The summed E-state index contributed by atoms with van der Waals surface area (Å²) >= 11 is 0. The standard InChI is InChI=1S/C31H48O2/c1-10-13-15-21-17-23(32)19-26(30(4,5)6)28(21)25(12-3)29-22(16-14-11-2)18-24(33)20-27(29)31(7,8)9/h17-20,25,32-33H,10-16H2,1-9H3. The van der Waals surface area contributed by atoms with Gasteiger partial charge in [0.15, 0.2) is 0 Å². The second-order valence-corrected chi connectivity index (χ2v) is 11.8. The molecule has 184 valence electrons. The van der Waals surface area contributed by atoms with Crippen molar-refractivity contribution in [1.29, 1.82) is 0 Å². The molecular formula is C31H48O2. The summed E-state index contributed by atoms with van der Waals surface area (Å²) < 4.78 is 0. The predicted molar refractivity (Wildman–Crippen MR) is 143 cm³/mol. The fourth-order valence-electron chi connectivity index (χ4n) is 5.16. The van der Waals surface area contributed by atoms with Gasteiger partial charge in [0, 0.05) is 5.92 Å². The van der Waals surface area contributed by atoms with Crippen molar-refractivity contribution in [2.24, 2.45) is 0 Å². The Kier molecular flexibility index (Phi) is 9.08. The molecule has 2 aromatic carbocycles. The Balaban J connectivity index is 2.95. The lowest BCUT2D eigenvalue weighted by Crippen LogP contribution is -2.23. The molecule has 0 aliphatic carbocycles. The van der Waals surface area contributed by atoms with Gasteiger partial charge in [0.05, 0.1) is 0 Å². The molecule has 0 saturated carbocycles. The summed E-state index contributed by atoms with van der Waals surface area (Å²) in [6.07, 6.45) is 7.43. The molecule has 2 nitrogen and oxygen atoms in total. The molecule has 33 heavy (non-hydrogen) atoms. The second kappa shape index (κ2) is 11.0. The van der Waals surface area contributed by atoms with Gasteiger partial charge in [0.2, 0.25) is 0 Å². The highest BCUT2D eigenvalue weighted by atomic mass is 16.3. The van der Waals surface area contributed by atoms with Gasteiger partial charge in [-0.25, -0.2) is 0 Å². The Labute approximate surface area is 203 Å². The number of aromatic hydroxyl groups is 2. The van der Waals surface area contributed by atoms with E-state index in [2.05, 4.69) is 62.3 Å². The van der Waals surface area contributed by atoms with Gasteiger partial charge >= 0.3 is 0 Å². The van der Waals surface area contributed by atoms with Gasteiger partial charge in [-0.15, -0.1) is 0 Å². The van der Waals surface area contributed by atoms with Crippen molar-refractivity contribution < 1.29 is 10.2 Å². The Morgan fingerprint density at radius 1 is 0.636 bits per heavy atom. The van der Waals surface area contributed by atoms with Crippen LogP contribution in [0.5, 0.6) is 11.5 Å². The smallest absolute Gasteiger partial charge is 0.116 e. The van der Waals surface area contributed by atoms with Crippen molar-refractivity contribution in [3.63, 3.8) is 0 Å². The van der Waals surface area contributed by atoms with Gasteiger partial charge in [-0.1, -0.05) is 75.2 Å². The Morgan fingerprint density at radius 3 is 1.27 bits per heavy atom. The zero-order chi connectivity index (χ0) is 25.0. The fourth-order valence-corrected chi connectivity index (χ4v) is 5.16. The summed E-state index contributed by atoms with van der Waals surface area (Å²) in [6, 6.07) is 8.00. The molecule has 0 atom stereocenters. The largest absolute Gasteiger partial charge is 0.508 e. The zero-order valence-corrected chi connectivity index (χ0v) is 22.7. The average molecular weight is 453 g/mol.